The van der Waals surface area contributed by atoms with E-state index in [0.29, 0.717) is 36.0 Å². The van der Waals surface area contributed by atoms with Crippen molar-refractivity contribution in [3.63, 3.8) is 0 Å². The van der Waals surface area contributed by atoms with Crippen LogP contribution in [-0.4, -0.2) is 54.8 Å². The van der Waals surface area contributed by atoms with Crippen molar-refractivity contribution in [1.82, 2.24) is 29.3 Å². The van der Waals surface area contributed by atoms with Gasteiger partial charge >= 0.3 is 0 Å². The Hall–Kier alpha value is -3.17. The molecule has 1 fully saturated rings. The van der Waals surface area contributed by atoms with E-state index in [9.17, 15) is 5.11 Å². The summed E-state index contributed by atoms with van der Waals surface area (Å²) in [6.07, 6.45) is 5.77. The molecule has 9 heteroatoms. The summed E-state index contributed by atoms with van der Waals surface area (Å²) in [7, 11) is 0. The Labute approximate surface area is 189 Å². The molecule has 4 aromatic heterocycles. The van der Waals surface area contributed by atoms with Crippen LogP contribution >= 0.6 is 0 Å². The molecule has 0 aromatic carbocycles. The van der Waals surface area contributed by atoms with Crippen LogP contribution in [0.5, 0.6) is 0 Å². The molecule has 0 aliphatic carbocycles. The maximum atomic E-state index is 10.3. The number of nitrogens with one attached hydrogen (secondary N) is 3. The van der Waals surface area contributed by atoms with Gasteiger partial charge in [-0.2, -0.15) is 9.61 Å². The number of nitrogens with zero attached hydrogens (tertiary/aromatic N) is 5. The standard InChI is InChI=1S/C23H30N8O/c1-15(2)18-12-27-31-22(26-11-17-14-30-8-4-3-5-21(30)28-17)9-20(29-23(18)31)25-10-16-6-7-24-13-19(16)32/h3-5,8-9,12,14-16,19,24,26,32H,6-7,10-11,13H2,1-2H3,(H,25,29)/t16-,19+/m1/s1/i11D2. The van der Waals surface area contributed by atoms with E-state index >= 15 is 0 Å². The highest BCUT2D eigenvalue weighted by Crippen LogP contribution is 2.25. The Morgan fingerprint density at radius 3 is 3.03 bits per heavy atom. The molecule has 5 rings (SSSR count). The van der Waals surface area contributed by atoms with Crippen LogP contribution in [0.3, 0.4) is 0 Å². The number of fused-ring (bicyclic) bond motifs is 2. The number of aliphatic hydroxyl groups excluding tert-OH is 1. The summed E-state index contributed by atoms with van der Waals surface area (Å²) in [4.78, 5) is 9.23. The molecule has 1 aliphatic heterocycles. The molecule has 1 saturated heterocycles. The van der Waals surface area contributed by atoms with Gasteiger partial charge in [0.25, 0.3) is 0 Å². The first-order chi connectivity index (χ1) is 16.3. The normalized spacial score (nSPS) is 20.5. The SMILES string of the molecule is [2H]C([2H])(Nc1cc(NC[C@H]2CCNC[C@@H]2O)nc2c(C(C)C)cnn12)c1cn2ccccc2n1. The van der Waals surface area contributed by atoms with Gasteiger partial charge in [0.15, 0.2) is 5.65 Å². The van der Waals surface area contributed by atoms with Gasteiger partial charge in [-0.05, 0) is 31.0 Å². The highest BCUT2D eigenvalue weighted by molar-refractivity contribution is 5.61. The second-order valence-corrected chi connectivity index (χ2v) is 8.56. The first kappa shape index (κ1) is 18.4. The zero-order valence-corrected chi connectivity index (χ0v) is 18.3. The van der Waals surface area contributed by atoms with E-state index in [0.717, 1.165) is 18.5 Å². The second-order valence-electron chi connectivity index (χ2n) is 8.56. The second kappa shape index (κ2) is 8.76. The number of rotatable bonds is 7. The summed E-state index contributed by atoms with van der Waals surface area (Å²) in [5.74, 6) is 1.39. The topological polar surface area (TPSA) is 104 Å². The highest BCUT2D eigenvalue weighted by atomic mass is 16.3. The Morgan fingerprint density at radius 1 is 1.31 bits per heavy atom. The van der Waals surface area contributed by atoms with Crippen molar-refractivity contribution in [3.05, 3.63) is 54.1 Å². The molecule has 0 bridgehead atoms. The molecule has 5 heterocycles. The number of imidazole rings is 1. The molecule has 9 nitrogen and oxygen atoms in total. The maximum absolute atomic E-state index is 10.3. The Balaban J connectivity index is 1.48. The van der Waals surface area contributed by atoms with Crippen LogP contribution in [0.15, 0.2) is 42.9 Å². The third-order valence-electron chi connectivity index (χ3n) is 5.94. The summed E-state index contributed by atoms with van der Waals surface area (Å²) in [5.41, 5.74) is 2.58. The fraction of sp³-hybridized carbons (Fsp3) is 0.435. The molecule has 2 atom stereocenters. The smallest absolute Gasteiger partial charge is 0.163 e. The molecular formula is C23H30N8O. The highest BCUT2D eigenvalue weighted by Gasteiger charge is 2.23. The van der Waals surface area contributed by atoms with Gasteiger partial charge in [0.05, 0.1) is 27.2 Å². The quantitative estimate of drug-likeness (QED) is 0.353. The summed E-state index contributed by atoms with van der Waals surface area (Å²) in [6, 6.07) is 7.34. The Bertz CT molecular complexity index is 1270. The van der Waals surface area contributed by atoms with Gasteiger partial charge in [-0.25, -0.2) is 9.97 Å². The van der Waals surface area contributed by atoms with Crippen molar-refractivity contribution in [1.29, 1.82) is 0 Å². The molecule has 4 N–H and O–H groups in total. The van der Waals surface area contributed by atoms with Crippen molar-refractivity contribution >= 4 is 22.9 Å². The van der Waals surface area contributed by atoms with Crippen molar-refractivity contribution in [2.24, 2.45) is 5.92 Å². The number of aromatic nitrogens is 5. The lowest BCUT2D eigenvalue weighted by molar-refractivity contribution is 0.0883. The Morgan fingerprint density at radius 2 is 2.22 bits per heavy atom. The van der Waals surface area contributed by atoms with Crippen LogP contribution in [0.2, 0.25) is 0 Å². The zero-order chi connectivity index (χ0) is 23.9. The van der Waals surface area contributed by atoms with Gasteiger partial charge in [0, 0.05) is 43.0 Å². The monoisotopic (exact) mass is 436 g/mol. The number of pyridine rings is 1. The predicted molar refractivity (Wildman–Crippen MR) is 125 cm³/mol. The summed E-state index contributed by atoms with van der Waals surface area (Å²) < 4.78 is 20.9. The van der Waals surface area contributed by atoms with E-state index in [1.807, 2.05) is 24.4 Å². The lowest BCUT2D eigenvalue weighted by Crippen LogP contribution is -2.43. The zero-order valence-electron chi connectivity index (χ0n) is 20.3. The fourth-order valence-electron chi connectivity index (χ4n) is 4.06. The molecule has 0 radical (unpaired) electrons. The van der Waals surface area contributed by atoms with Crippen molar-refractivity contribution in [3.8, 4) is 0 Å². The van der Waals surface area contributed by atoms with E-state index in [2.05, 4.69) is 39.9 Å². The number of piperidine rings is 1. The number of hydrogen-bond donors (Lipinski definition) is 4. The van der Waals surface area contributed by atoms with E-state index in [4.69, 9.17) is 7.73 Å². The minimum atomic E-state index is -1.95. The average molecular weight is 437 g/mol. The largest absolute Gasteiger partial charge is 0.391 e. The molecular weight excluding hydrogens is 404 g/mol. The van der Waals surface area contributed by atoms with Crippen LogP contribution in [-0.2, 0) is 6.50 Å². The van der Waals surface area contributed by atoms with Gasteiger partial charge in [0.2, 0.25) is 0 Å². The molecule has 0 amide bonds. The lowest BCUT2D eigenvalue weighted by atomic mass is 9.95. The van der Waals surface area contributed by atoms with Gasteiger partial charge in [0.1, 0.15) is 17.3 Å². The number of hydrogen-bond acceptors (Lipinski definition) is 7. The van der Waals surface area contributed by atoms with Crippen LogP contribution in [0.4, 0.5) is 11.6 Å². The Kier molecular flexibility index (Phi) is 5.04. The van der Waals surface area contributed by atoms with Crippen LogP contribution in [0, 0.1) is 5.92 Å². The van der Waals surface area contributed by atoms with Gasteiger partial charge < -0.3 is 25.5 Å². The third kappa shape index (κ3) is 4.13. The van der Waals surface area contributed by atoms with Gasteiger partial charge in [-0.1, -0.05) is 19.9 Å². The average Bonchev–Trinajstić information content (AvgIpc) is 3.43. The number of aliphatic hydroxyl groups is 1. The first-order valence-electron chi connectivity index (χ1n) is 12.1. The van der Waals surface area contributed by atoms with E-state index in [-0.39, 0.29) is 17.5 Å². The molecule has 168 valence electrons. The molecule has 32 heavy (non-hydrogen) atoms. The van der Waals surface area contributed by atoms with Crippen molar-refractivity contribution in [2.45, 2.75) is 38.8 Å². The van der Waals surface area contributed by atoms with Crippen LogP contribution in [0.25, 0.3) is 11.3 Å². The molecule has 0 unspecified atom stereocenters. The first-order valence-corrected chi connectivity index (χ1v) is 11.1. The van der Waals surface area contributed by atoms with Crippen LogP contribution in [0.1, 0.15) is 40.2 Å². The molecule has 0 spiro atoms. The summed E-state index contributed by atoms with van der Waals surface area (Å²) in [6.45, 7) is 4.25. The minimum Gasteiger partial charge on any atom is -0.391 e. The third-order valence-corrected chi connectivity index (χ3v) is 5.94. The number of β-amino-alcohol motifs (C(OH)–C–C–N with tert-alkyl or cyclic N) is 1. The molecule has 0 saturated carbocycles. The van der Waals surface area contributed by atoms with E-state index in [1.165, 1.54) is 0 Å². The summed E-state index contributed by atoms with van der Waals surface area (Å²) in [5, 5.41) is 24.3. The molecule has 1 aliphatic rings. The minimum absolute atomic E-state index is 0.120. The van der Waals surface area contributed by atoms with Crippen LogP contribution < -0.4 is 16.0 Å². The predicted octanol–water partition coefficient (Wildman–Crippen LogP) is 2.49. The summed E-state index contributed by atoms with van der Waals surface area (Å²) >= 11 is 0. The van der Waals surface area contributed by atoms with Crippen molar-refractivity contribution in [2.75, 3.05) is 30.3 Å². The molecule has 4 aromatic rings. The van der Waals surface area contributed by atoms with E-state index < -0.39 is 12.6 Å². The van der Waals surface area contributed by atoms with Gasteiger partial charge in [-0.15, -0.1) is 0 Å². The van der Waals surface area contributed by atoms with Gasteiger partial charge in [-0.3, -0.25) is 0 Å². The van der Waals surface area contributed by atoms with Crippen molar-refractivity contribution < 1.29 is 7.85 Å². The maximum Gasteiger partial charge on any atom is 0.163 e. The fourth-order valence-corrected chi connectivity index (χ4v) is 4.06. The van der Waals surface area contributed by atoms with E-state index in [1.54, 1.807) is 27.4 Å². The number of anilines is 2. The lowest BCUT2D eigenvalue weighted by Gasteiger charge is -2.28.